The van der Waals surface area contributed by atoms with Crippen LogP contribution in [-0.2, 0) is 4.74 Å². The third-order valence-electron chi connectivity index (χ3n) is 4.27. The Morgan fingerprint density at radius 2 is 2.04 bits per heavy atom. The molecule has 0 unspecified atom stereocenters. The number of nitrogens with zero attached hydrogens (tertiary/aromatic N) is 4. The van der Waals surface area contributed by atoms with E-state index < -0.39 is 0 Å². The molecule has 1 saturated heterocycles. The van der Waals surface area contributed by atoms with Crippen LogP contribution in [0.3, 0.4) is 0 Å². The van der Waals surface area contributed by atoms with E-state index in [1.165, 1.54) is 5.00 Å². The number of thiophene rings is 1. The summed E-state index contributed by atoms with van der Waals surface area (Å²) in [5.41, 5.74) is 2.14. The number of H-pyrrole nitrogens is 1. The number of rotatable bonds is 4. The fraction of sp³-hybridized carbons (Fsp3) is 0.278. The summed E-state index contributed by atoms with van der Waals surface area (Å²) >= 11 is 7.07. The van der Waals surface area contributed by atoms with Crippen molar-refractivity contribution in [2.45, 2.75) is 6.92 Å². The van der Waals surface area contributed by atoms with Crippen molar-refractivity contribution in [3.63, 3.8) is 0 Å². The first-order chi connectivity index (χ1) is 12.7. The molecule has 1 N–H and O–H groups in total. The van der Waals surface area contributed by atoms with Gasteiger partial charge in [-0.3, -0.25) is 0 Å². The summed E-state index contributed by atoms with van der Waals surface area (Å²) in [5, 5.41) is 13.0. The van der Waals surface area contributed by atoms with Crippen LogP contribution in [0.15, 0.2) is 41.5 Å². The highest BCUT2D eigenvalue weighted by Crippen LogP contribution is 2.26. The minimum absolute atomic E-state index is 0.476. The second kappa shape index (κ2) is 7.53. The predicted molar refractivity (Wildman–Crippen MR) is 108 cm³/mol. The maximum absolute atomic E-state index is 5.41. The number of ether oxygens (including phenoxy) is 1. The zero-order valence-electron chi connectivity index (χ0n) is 14.4. The molecular formula is C18H19N5OS2. The van der Waals surface area contributed by atoms with Gasteiger partial charge in [0.25, 0.3) is 0 Å². The summed E-state index contributed by atoms with van der Waals surface area (Å²) in [6, 6.07) is 12.3. The van der Waals surface area contributed by atoms with Crippen LogP contribution < -0.4 is 4.90 Å². The van der Waals surface area contributed by atoms with Crippen molar-refractivity contribution in [1.29, 1.82) is 0 Å². The summed E-state index contributed by atoms with van der Waals surface area (Å²) < 4.78 is 7.56. The van der Waals surface area contributed by atoms with Crippen molar-refractivity contribution >= 4 is 34.8 Å². The van der Waals surface area contributed by atoms with Crippen molar-refractivity contribution in [1.82, 2.24) is 14.9 Å². The minimum atomic E-state index is 0.476. The molecular weight excluding hydrogens is 366 g/mol. The molecule has 0 bridgehead atoms. The second-order valence-electron chi connectivity index (χ2n) is 6.00. The Bertz CT molecular complexity index is 981. The lowest BCUT2D eigenvalue weighted by atomic mass is 10.1. The van der Waals surface area contributed by atoms with Crippen LogP contribution in [0.4, 0.5) is 5.00 Å². The molecule has 6 nitrogen and oxygen atoms in total. The first kappa shape index (κ1) is 17.1. The highest BCUT2D eigenvalue weighted by Gasteiger charge is 2.13. The number of hydrogen-bond acceptors (Lipinski definition) is 6. The van der Waals surface area contributed by atoms with Gasteiger partial charge in [-0.2, -0.15) is 14.9 Å². The lowest BCUT2D eigenvalue weighted by Gasteiger charge is -2.27. The molecule has 0 atom stereocenters. The quantitative estimate of drug-likeness (QED) is 0.550. The molecule has 26 heavy (non-hydrogen) atoms. The summed E-state index contributed by atoms with van der Waals surface area (Å²) in [4.78, 5) is 3.42. The van der Waals surface area contributed by atoms with Gasteiger partial charge < -0.3 is 9.64 Å². The molecule has 3 heterocycles. The third-order valence-corrected chi connectivity index (χ3v) is 5.62. The van der Waals surface area contributed by atoms with Gasteiger partial charge >= 0.3 is 0 Å². The molecule has 1 fully saturated rings. The van der Waals surface area contributed by atoms with Crippen molar-refractivity contribution in [2.24, 2.45) is 5.10 Å². The molecule has 1 aliphatic rings. The van der Waals surface area contributed by atoms with Gasteiger partial charge in [0, 0.05) is 23.5 Å². The molecule has 2 aromatic heterocycles. The van der Waals surface area contributed by atoms with Crippen molar-refractivity contribution in [3.8, 4) is 11.4 Å². The van der Waals surface area contributed by atoms with Gasteiger partial charge in [-0.1, -0.05) is 24.3 Å². The largest absolute Gasteiger partial charge is 0.378 e. The molecule has 3 aromatic rings. The van der Waals surface area contributed by atoms with Gasteiger partial charge in [0.1, 0.15) is 0 Å². The van der Waals surface area contributed by atoms with Gasteiger partial charge in [-0.25, -0.2) is 5.10 Å². The van der Waals surface area contributed by atoms with E-state index in [9.17, 15) is 0 Å². The average Bonchev–Trinajstić information content (AvgIpc) is 3.28. The summed E-state index contributed by atoms with van der Waals surface area (Å²) in [7, 11) is 0. The number of aromatic amines is 1. The van der Waals surface area contributed by atoms with E-state index in [0.29, 0.717) is 10.6 Å². The zero-order valence-corrected chi connectivity index (χ0v) is 16.0. The normalized spacial score (nSPS) is 15.0. The number of benzene rings is 1. The Morgan fingerprint density at radius 1 is 1.23 bits per heavy atom. The van der Waals surface area contributed by atoms with Gasteiger partial charge in [0.2, 0.25) is 4.77 Å². The number of hydrogen-bond donors (Lipinski definition) is 1. The molecule has 134 valence electrons. The van der Waals surface area contributed by atoms with E-state index in [1.54, 1.807) is 16.0 Å². The van der Waals surface area contributed by atoms with Crippen molar-refractivity contribution < 1.29 is 4.74 Å². The maximum Gasteiger partial charge on any atom is 0.216 e. The molecule has 0 aliphatic carbocycles. The standard InChI is InChI=1S/C18H19N5OS2/c1-13-4-2-3-5-15(13)17-20-21-18(25)23(17)19-12-14-6-7-16(26-14)22-8-10-24-11-9-22/h2-7,12H,8-11H2,1H3,(H,21,25)/b19-12+. The first-order valence-corrected chi connectivity index (χ1v) is 9.65. The monoisotopic (exact) mass is 385 g/mol. The summed E-state index contributed by atoms with van der Waals surface area (Å²) in [6.45, 7) is 5.48. The lowest BCUT2D eigenvalue weighted by molar-refractivity contribution is 0.123. The summed E-state index contributed by atoms with van der Waals surface area (Å²) in [6.07, 6.45) is 1.84. The number of morpholine rings is 1. The van der Waals surface area contributed by atoms with Gasteiger partial charge in [-0.05, 0) is 36.8 Å². The molecule has 8 heteroatoms. The van der Waals surface area contributed by atoms with Crippen molar-refractivity contribution in [3.05, 3.63) is 51.6 Å². The van der Waals surface area contributed by atoms with Crippen LogP contribution in [0.2, 0.25) is 0 Å². The van der Waals surface area contributed by atoms with Gasteiger partial charge in [0.05, 0.1) is 24.4 Å². The van der Waals surface area contributed by atoms with E-state index in [2.05, 4.69) is 45.3 Å². The highest BCUT2D eigenvalue weighted by molar-refractivity contribution is 7.71. The number of aryl methyl sites for hydroxylation is 1. The zero-order chi connectivity index (χ0) is 17.9. The SMILES string of the molecule is Cc1ccccc1-c1n[nH]c(=S)n1/N=C/c1ccc(N2CCOCC2)s1. The molecule has 4 rings (SSSR count). The topological polar surface area (TPSA) is 58.4 Å². The van der Waals surface area contributed by atoms with Crippen LogP contribution in [0, 0.1) is 11.7 Å². The van der Waals surface area contributed by atoms with E-state index in [1.807, 2.05) is 24.4 Å². The molecule has 1 aromatic carbocycles. The van der Waals surface area contributed by atoms with Crippen LogP contribution in [-0.4, -0.2) is 47.4 Å². The molecule has 0 radical (unpaired) electrons. The van der Waals surface area contributed by atoms with Crippen LogP contribution in [0.5, 0.6) is 0 Å². The van der Waals surface area contributed by atoms with E-state index in [4.69, 9.17) is 17.0 Å². The third kappa shape index (κ3) is 3.48. The Balaban J connectivity index is 1.60. The van der Waals surface area contributed by atoms with Crippen LogP contribution in [0.1, 0.15) is 10.4 Å². The van der Waals surface area contributed by atoms with Gasteiger partial charge in [0.15, 0.2) is 5.82 Å². The van der Waals surface area contributed by atoms with E-state index in [-0.39, 0.29) is 0 Å². The lowest BCUT2D eigenvalue weighted by Crippen LogP contribution is -2.35. The predicted octanol–water partition coefficient (Wildman–Crippen LogP) is 3.70. The number of nitrogens with one attached hydrogen (secondary N) is 1. The Kier molecular flexibility index (Phi) is 4.96. The fourth-order valence-electron chi connectivity index (χ4n) is 2.88. The highest BCUT2D eigenvalue weighted by atomic mass is 32.1. The summed E-state index contributed by atoms with van der Waals surface area (Å²) in [5.74, 6) is 0.717. The van der Waals surface area contributed by atoms with Crippen LogP contribution >= 0.6 is 23.6 Å². The average molecular weight is 386 g/mol. The number of aromatic nitrogens is 3. The molecule has 0 saturated carbocycles. The first-order valence-electron chi connectivity index (χ1n) is 8.43. The maximum atomic E-state index is 5.41. The fourth-order valence-corrected chi connectivity index (χ4v) is 3.98. The van der Waals surface area contributed by atoms with E-state index >= 15 is 0 Å². The van der Waals surface area contributed by atoms with Gasteiger partial charge in [-0.15, -0.1) is 11.3 Å². The molecule has 0 amide bonds. The Morgan fingerprint density at radius 3 is 2.85 bits per heavy atom. The number of anilines is 1. The minimum Gasteiger partial charge on any atom is -0.378 e. The molecule has 1 aliphatic heterocycles. The Hall–Kier alpha value is -2.29. The van der Waals surface area contributed by atoms with Crippen LogP contribution in [0.25, 0.3) is 11.4 Å². The van der Waals surface area contributed by atoms with E-state index in [0.717, 1.165) is 42.3 Å². The second-order valence-corrected chi connectivity index (χ2v) is 7.48. The molecule has 0 spiro atoms. The Labute approximate surface area is 160 Å². The van der Waals surface area contributed by atoms with Crippen molar-refractivity contribution in [2.75, 3.05) is 31.2 Å². The smallest absolute Gasteiger partial charge is 0.216 e.